The van der Waals surface area contributed by atoms with Crippen molar-refractivity contribution in [1.82, 2.24) is 4.90 Å². The molecule has 0 bridgehead atoms. The van der Waals surface area contributed by atoms with Crippen LogP contribution in [-0.4, -0.2) is 23.3 Å². The highest BCUT2D eigenvalue weighted by molar-refractivity contribution is 7.98. The summed E-state index contributed by atoms with van der Waals surface area (Å²) in [7, 11) is 2.03. The SMILES string of the molecule is CCc1cc2c(CN(C)Cc3ccc(SC)cc3)cc(=O)oc2cc1O. The van der Waals surface area contributed by atoms with Crippen LogP contribution in [-0.2, 0) is 19.5 Å². The molecule has 0 amide bonds. The Balaban J connectivity index is 1.87. The fourth-order valence-corrected chi connectivity index (χ4v) is 3.52. The Morgan fingerprint density at radius 1 is 1.08 bits per heavy atom. The van der Waals surface area contributed by atoms with E-state index < -0.39 is 5.63 Å². The van der Waals surface area contributed by atoms with Crippen LogP contribution in [0.15, 0.2) is 56.6 Å². The third-order valence-electron chi connectivity index (χ3n) is 4.46. The Morgan fingerprint density at radius 2 is 1.81 bits per heavy atom. The summed E-state index contributed by atoms with van der Waals surface area (Å²) in [5.41, 5.74) is 3.02. The minimum atomic E-state index is -0.395. The van der Waals surface area contributed by atoms with E-state index in [0.29, 0.717) is 12.1 Å². The van der Waals surface area contributed by atoms with Gasteiger partial charge in [0.25, 0.3) is 0 Å². The highest BCUT2D eigenvalue weighted by atomic mass is 32.2. The topological polar surface area (TPSA) is 53.7 Å². The van der Waals surface area contributed by atoms with E-state index in [0.717, 1.165) is 29.5 Å². The number of nitrogens with zero attached hydrogens (tertiary/aromatic N) is 1. The van der Waals surface area contributed by atoms with Crippen LogP contribution in [0.25, 0.3) is 11.0 Å². The van der Waals surface area contributed by atoms with Crippen LogP contribution in [0.4, 0.5) is 0 Å². The molecule has 0 aliphatic heterocycles. The predicted octanol–water partition coefficient (Wildman–Crippen LogP) is 4.41. The molecule has 1 heterocycles. The summed E-state index contributed by atoms with van der Waals surface area (Å²) in [6, 6.07) is 13.5. The zero-order chi connectivity index (χ0) is 18.7. The minimum Gasteiger partial charge on any atom is -0.508 e. The van der Waals surface area contributed by atoms with E-state index >= 15 is 0 Å². The molecule has 3 rings (SSSR count). The van der Waals surface area contributed by atoms with E-state index in [4.69, 9.17) is 4.42 Å². The molecular weight excluding hydrogens is 346 g/mol. The zero-order valence-corrected chi connectivity index (χ0v) is 16.1. The third-order valence-corrected chi connectivity index (χ3v) is 5.21. The lowest BCUT2D eigenvalue weighted by molar-refractivity contribution is 0.319. The van der Waals surface area contributed by atoms with E-state index in [-0.39, 0.29) is 5.75 Å². The van der Waals surface area contributed by atoms with Gasteiger partial charge in [-0.3, -0.25) is 4.90 Å². The van der Waals surface area contributed by atoms with E-state index in [1.807, 2.05) is 20.0 Å². The lowest BCUT2D eigenvalue weighted by Gasteiger charge is -2.18. The first kappa shape index (κ1) is 18.5. The number of fused-ring (bicyclic) bond motifs is 1. The maximum atomic E-state index is 11.9. The van der Waals surface area contributed by atoms with Gasteiger partial charge in [-0.15, -0.1) is 11.8 Å². The van der Waals surface area contributed by atoms with Gasteiger partial charge < -0.3 is 9.52 Å². The number of hydrogen-bond acceptors (Lipinski definition) is 5. The van der Waals surface area contributed by atoms with Gasteiger partial charge in [-0.2, -0.15) is 0 Å². The molecule has 0 spiro atoms. The number of thioether (sulfide) groups is 1. The largest absolute Gasteiger partial charge is 0.508 e. The summed E-state index contributed by atoms with van der Waals surface area (Å²) in [4.78, 5) is 15.3. The van der Waals surface area contributed by atoms with Crippen molar-refractivity contribution in [3.63, 3.8) is 0 Å². The van der Waals surface area contributed by atoms with E-state index in [9.17, 15) is 9.90 Å². The molecular formula is C21H23NO3S. The van der Waals surface area contributed by atoms with Crippen LogP contribution in [0.3, 0.4) is 0 Å². The van der Waals surface area contributed by atoms with Gasteiger partial charge in [-0.1, -0.05) is 19.1 Å². The fourth-order valence-electron chi connectivity index (χ4n) is 3.11. The molecule has 0 aliphatic rings. The smallest absolute Gasteiger partial charge is 0.336 e. The second-order valence-electron chi connectivity index (χ2n) is 6.44. The maximum absolute atomic E-state index is 11.9. The van der Waals surface area contributed by atoms with Crippen molar-refractivity contribution in [2.45, 2.75) is 31.3 Å². The Labute approximate surface area is 157 Å². The molecule has 4 nitrogen and oxygen atoms in total. The monoisotopic (exact) mass is 369 g/mol. The van der Waals surface area contributed by atoms with Crippen LogP contribution in [0.1, 0.15) is 23.6 Å². The van der Waals surface area contributed by atoms with Crippen molar-refractivity contribution in [3.05, 3.63) is 69.6 Å². The molecule has 0 saturated heterocycles. The lowest BCUT2D eigenvalue weighted by atomic mass is 10.0. The maximum Gasteiger partial charge on any atom is 0.336 e. The second kappa shape index (κ2) is 7.98. The first-order chi connectivity index (χ1) is 12.5. The molecule has 0 radical (unpaired) electrons. The van der Waals surface area contributed by atoms with Crippen molar-refractivity contribution >= 4 is 22.7 Å². The first-order valence-corrected chi connectivity index (χ1v) is 9.82. The fraction of sp³-hybridized carbons (Fsp3) is 0.286. The van der Waals surface area contributed by atoms with E-state index in [1.165, 1.54) is 10.5 Å². The number of phenols is 1. The minimum absolute atomic E-state index is 0.169. The van der Waals surface area contributed by atoms with Crippen LogP contribution in [0, 0.1) is 0 Å². The zero-order valence-electron chi connectivity index (χ0n) is 15.3. The molecule has 0 unspecified atom stereocenters. The highest BCUT2D eigenvalue weighted by Crippen LogP contribution is 2.27. The molecule has 1 N–H and O–H groups in total. The number of benzene rings is 2. The molecule has 2 aromatic carbocycles. The average molecular weight is 369 g/mol. The summed E-state index contributed by atoms with van der Waals surface area (Å²) < 4.78 is 5.27. The van der Waals surface area contributed by atoms with Crippen molar-refractivity contribution in [2.24, 2.45) is 0 Å². The van der Waals surface area contributed by atoms with Crippen molar-refractivity contribution in [3.8, 4) is 5.75 Å². The van der Waals surface area contributed by atoms with Crippen molar-refractivity contribution < 1.29 is 9.52 Å². The van der Waals surface area contributed by atoms with Crippen LogP contribution in [0.5, 0.6) is 5.75 Å². The van der Waals surface area contributed by atoms with Crippen molar-refractivity contribution in [2.75, 3.05) is 13.3 Å². The lowest BCUT2D eigenvalue weighted by Crippen LogP contribution is -2.18. The van der Waals surface area contributed by atoms with Crippen molar-refractivity contribution in [1.29, 1.82) is 0 Å². The quantitative estimate of drug-likeness (QED) is 0.515. The highest BCUT2D eigenvalue weighted by Gasteiger charge is 2.12. The molecule has 136 valence electrons. The van der Waals surface area contributed by atoms with Gasteiger partial charge in [0.2, 0.25) is 0 Å². The molecule has 0 saturated carbocycles. The van der Waals surface area contributed by atoms with Crippen LogP contribution in [0.2, 0.25) is 0 Å². The van der Waals surface area contributed by atoms with Gasteiger partial charge >= 0.3 is 5.63 Å². The molecule has 0 fully saturated rings. The van der Waals surface area contributed by atoms with Gasteiger partial charge in [-0.05, 0) is 54.6 Å². The van der Waals surface area contributed by atoms with E-state index in [2.05, 4.69) is 35.4 Å². The summed E-state index contributed by atoms with van der Waals surface area (Å²) >= 11 is 1.73. The summed E-state index contributed by atoms with van der Waals surface area (Å²) in [6.45, 7) is 3.40. The number of aromatic hydroxyl groups is 1. The summed E-state index contributed by atoms with van der Waals surface area (Å²) in [5.74, 6) is 0.169. The predicted molar refractivity (Wildman–Crippen MR) is 107 cm³/mol. The Kier molecular flexibility index (Phi) is 5.69. The molecule has 0 atom stereocenters. The average Bonchev–Trinajstić information content (AvgIpc) is 2.61. The summed E-state index contributed by atoms with van der Waals surface area (Å²) in [6.07, 6.45) is 2.79. The Morgan fingerprint density at radius 3 is 2.46 bits per heavy atom. The third kappa shape index (κ3) is 4.11. The first-order valence-electron chi connectivity index (χ1n) is 8.60. The van der Waals surface area contributed by atoms with Gasteiger partial charge in [0.05, 0.1) is 0 Å². The molecule has 5 heteroatoms. The van der Waals surface area contributed by atoms with Crippen LogP contribution < -0.4 is 5.63 Å². The number of phenolic OH excluding ortho intramolecular Hbond substituents is 1. The Hall–Kier alpha value is -2.24. The van der Waals surface area contributed by atoms with E-state index in [1.54, 1.807) is 23.9 Å². The molecule has 1 aromatic heterocycles. The van der Waals surface area contributed by atoms with Gasteiger partial charge in [0, 0.05) is 35.5 Å². The second-order valence-corrected chi connectivity index (χ2v) is 7.32. The number of rotatable bonds is 6. The molecule has 3 aromatic rings. The van der Waals surface area contributed by atoms with Crippen LogP contribution >= 0.6 is 11.8 Å². The molecule has 0 aliphatic carbocycles. The number of aryl methyl sites for hydroxylation is 1. The standard InChI is InChI=1S/C21H23NO3S/c1-4-15-9-18-16(10-21(24)25-20(18)11-19(15)23)13-22(2)12-14-5-7-17(26-3)8-6-14/h5-11,23H,4,12-13H2,1-3H3. The summed E-state index contributed by atoms with van der Waals surface area (Å²) in [5, 5.41) is 10.9. The van der Waals surface area contributed by atoms with Gasteiger partial charge in [0.15, 0.2) is 0 Å². The number of hydrogen-bond donors (Lipinski definition) is 1. The van der Waals surface area contributed by atoms with Gasteiger partial charge in [-0.25, -0.2) is 4.79 Å². The van der Waals surface area contributed by atoms with Gasteiger partial charge in [0.1, 0.15) is 11.3 Å². The normalized spacial score (nSPS) is 11.4. The Bertz CT molecular complexity index is 963. The molecule has 26 heavy (non-hydrogen) atoms.